The lowest BCUT2D eigenvalue weighted by atomic mass is 10.3. The molecular formula is C15H10N4OS5. The topological polar surface area (TPSA) is 66.9 Å². The Labute approximate surface area is 164 Å². The highest BCUT2D eigenvalue weighted by atomic mass is 32.2. The van der Waals surface area contributed by atoms with E-state index in [2.05, 4.69) is 20.6 Å². The Balaban J connectivity index is 1.57. The highest BCUT2D eigenvalue weighted by Gasteiger charge is 2.14. The highest BCUT2D eigenvalue weighted by Crippen LogP contribution is 2.37. The smallest absolute Gasteiger partial charge is 0.267 e. The highest BCUT2D eigenvalue weighted by molar-refractivity contribution is 8.00. The van der Waals surface area contributed by atoms with Gasteiger partial charge in [-0.3, -0.25) is 10.1 Å². The molecule has 0 bridgehead atoms. The van der Waals surface area contributed by atoms with Crippen molar-refractivity contribution in [2.75, 3.05) is 11.6 Å². The fraction of sp³-hybridized carbons (Fsp3) is 0.0667. The van der Waals surface area contributed by atoms with E-state index in [-0.39, 0.29) is 11.0 Å². The Morgan fingerprint density at radius 2 is 1.92 bits per heavy atom. The molecule has 3 aromatic heterocycles. The second-order valence-corrected chi connectivity index (χ2v) is 9.26. The first kappa shape index (κ1) is 16.9. The SMILES string of the molecule is CSc1nc2ccc3nc(NC(=S)NC(=O)c4cccs4)sc3c2s1. The van der Waals surface area contributed by atoms with Crippen LogP contribution in [0.5, 0.6) is 0 Å². The second kappa shape index (κ2) is 6.96. The summed E-state index contributed by atoms with van der Waals surface area (Å²) in [5.74, 6) is -0.219. The molecular weight excluding hydrogens is 413 g/mol. The van der Waals surface area contributed by atoms with Gasteiger partial charge in [-0.15, -0.1) is 22.7 Å². The lowest BCUT2D eigenvalue weighted by Crippen LogP contribution is -2.33. The maximum atomic E-state index is 12.0. The number of aromatic nitrogens is 2. The van der Waals surface area contributed by atoms with Crippen LogP contribution >= 0.6 is 58.0 Å². The maximum absolute atomic E-state index is 12.0. The van der Waals surface area contributed by atoms with E-state index >= 15 is 0 Å². The fourth-order valence-corrected chi connectivity index (χ4v) is 5.73. The van der Waals surface area contributed by atoms with Crippen molar-refractivity contribution in [3.8, 4) is 0 Å². The summed E-state index contributed by atoms with van der Waals surface area (Å²) < 4.78 is 3.23. The Morgan fingerprint density at radius 1 is 1.16 bits per heavy atom. The van der Waals surface area contributed by atoms with Crippen LogP contribution in [0, 0.1) is 0 Å². The maximum Gasteiger partial charge on any atom is 0.267 e. The van der Waals surface area contributed by atoms with Crippen LogP contribution in [-0.4, -0.2) is 27.2 Å². The summed E-state index contributed by atoms with van der Waals surface area (Å²) >= 11 is 11.4. The van der Waals surface area contributed by atoms with Gasteiger partial charge in [0.25, 0.3) is 5.91 Å². The van der Waals surface area contributed by atoms with Crippen molar-refractivity contribution >= 4 is 94.6 Å². The number of thiazole rings is 2. The van der Waals surface area contributed by atoms with Crippen LogP contribution in [0.1, 0.15) is 9.67 Å². The van der Waals surface area contributed by atoms with E-state index in [0.29, 0.717) is 10.0 Å². The number of thiophene rings is 1. The van der Waals surface area contributed by atoms with Gasteiger partial charge in [-0.1, -0.05) is 29.2 Å². The molecule has 0 saturated heterocycles. The standard InChI is InChI=1S/C15H10N4OS5/c1-22-15-17-8-5-4-7-10(11(8)25-15)24-14(16-7)19-13(21)18-12(20)9-3-2-6-23-9/h2-6H,1H3,(H2,16,18,19,20,21). The van der Waals surface area contributed by atoms with Gasteiger partial charge in [-0.2, -0.15) is 0 Å². The molecule has 0 fully saturated rings. The van der Waals surface area contributed by atoms with E-state index in [1.54, 1.807) is 29.2 Å². The number of benzene rings is 1. The number of carbonyl (C=O) groups is 1. The van der Waals surface area contributed by atoms with Crippen LogP contribution in [-0.2, 0) is 0 Å². The summed E-state index contributed by atoms with van der Waals surface area (Å²) in [6.45, 7) is 0. The second-order valence-electron chi connectivity index (χ2n) is 4.85. The minimum Gasteiger partial charge on any atom is -0.308 e. The zero-order valence-corrected chi connectivity index (χ0v) is 16.8. The van der Waals surface area contributed by atoms with Crippen molar-refractivity contribution in [3.63, 3.8) is 0 Å². The van der Waals surface area contributed by atoms with Crippen molar-refractivity contribution < 1.29 is 4.79 Å². The van der Waals surface area contributed by atoms with Crippen molar-refractivity contribution in [2.24, 2.45) is 0 Å². The molecule has 10 heteroatoms. The van der Waals surface area contributed by atoms with E-state index < -0.39 is 0 Å². The molecule has 0 unspecified atom stereocenters. The van der Waals surface area contributed by atoms with Gasteiger partial charge in [0.2, 0.25) is 0 Å². The third kappa shape index (κ3) is 3.40. The van der Waals surface area contributed by atoms with E-state index in [1.807, 2.05) is 29.8 Å². The van der Waals surface area contributed by atoms with E-state index in [0.717, 1.165) is 24.8 Å². The summed E-state index contributed by atoms with van der Waals surface area (Å²) in [4.78, 5) is 21.8. The third-order valence-corrected chi connectivity index (χ3v) is 7.54. The molecule has 4 aromatic rings. The molecule has 0 aliphatic carbocycles. The van der Waals surface area contributed by atoms with Gasteiger partial charge >= 0.3 is 0 Å². The average Bonchev–Trinajstić information content (AvgIpc) is 3.32. The molecule has 25 heavy (non-hydrogen) atoms. The number of hydrogen-bond acceptors (Lipinski definition) is 8. The van der Waals surface area contributed by atoms with Gasteiger partial charge in [0, 0.05) is 0 Å². The minimum atomic E-state index is -0.219. The molecule has 1 amide bonds. The molecule has 0 radical (unpaired) electrons. The van der Waals surface area contributed by atoms with Crippen LogP contribution in [0.4, 0.5) is 5.13 Å². The fourth-order valence-electron chi connectivity index (χ4n) is 2.19. The van der Waals surface area contributed by atoms with E-state index in [9.17, 15) is 4.79 Å². The summed E-state index contributed by atoms with van der Waals surface area (Å²) in [7, 11) is 0. The number of anilines is 1. The molecule has 5 nitrogen and oxygen atoms in total. The van der Waals surface area contributed by atoms with Crippen molar-refractivity contribution in [2.45, 2.75) is 4.34 Å². The Morgan fingerprint density at radius 3 is 2.64 bits per heavy atom. The van der Waals surface area contributed by atoms with E-state index in [4.69, 9.17) is 12.2 Å². The van der Waals surface area contributed by atoms with Gasteiger partial charge in [-0.25, -0.2) is 9.97 Å². The van der Waals surface area contributed by atoms with Crippen molar-refractivity contribution in [3.05, 3.63) is 34.5 Å². The van der Waals surface area contributed by atoms with Crippen molar-refractivity contribution in [1.29, 1.82) is 0 Å². The monoisotopic (exact) mass is 422 g/mol. The average molecular weight is 423 g/mol. The lowest BCUT2D eigenvalue weighted by molar-refractivity contribution is 0.0981. The van der Waals surface area contributed by atoms with Gasteiger partial charge in [0.05, 0.1) is 25.3 Å². The Kier molecular flexibility index (Phi) is 4.69. The van der Waals surface area contributed by atoms with Gasteiger partial charge in [0.15, 0.2) is 14.6 Å². The van der Waals surface area contributed by atoms with Crippen LogP contribution in [0.15, 0.2) is 34.0 Å². The third-order valence-electron chi connectivity index (χ3n) is 3.26. The number of hydrogen-bond donors (Lipinski definition) is 2. The number of thioether (sulfide) groups is 1. The number of thiocarbonyl (C=S) groups is 1. The minimum absolute atomic E-state index is 0.219. The predicted molar refractivity (Wildman–Crippen MR) is 113 cm³/mol. The number of nitrogens with zero attached hydrogens (tertiary/aromatic N) is 2. The van der Waals surface area contributed by atoms with Gasteiger partial charge in [0.1, 0.15) is 0 Å². The summed E-state index contributed by atoms with van der Waals surface area (Å²) in [5, 5.41) is 8.41. The Hall–Kier alpha value is -1.59. The van der Waals surface area contributed by atoms with Crippen LogP contribution in [0.2, 0.25) is 0 Å². The zero-order valence-electron chi connectivity index (χ0n) is 12.7. The molecule has 0 aliphatic rings. The number of amides is 1. The van der Waals surface area contributed by atoms with Crippen molar-refractivity contribution in [1.82, 2.24) is 15.3 Å². The number of fused-ring (bicyclic) bond motifs is 3. The molecule has 2 N–H and O–H groups in total. The lowest BCUT2D eigenvalue weighted by Gasteiger charge is -2.05. The van der Waals surface area contributed by atoms with Crippen LogP contribution < -0.4 is 10.6 Å². The number of rotatable bonds is 3. The predicted octanol–water partition coefficient (Wildman–Crippen LogP) is 4.82. The van der Waals surface area contributed by atoms with Crippen LogP contribution in [0.3, 0.4) is 0 Å². The molecule has 0 saturated carbocycles. The molecule has 3 heterocycles. The van der Waals surface area contributed by atoms with Gasteiger partial charge < -0.3 is 5.32 Å². The molecule has 0 spiro atoms. The first-order valence-electron chi connectivity index (χ1n) is 7.04. The molecule has 0 atom stereocenters. The first-order chi connectivity index (χ1) is 12.1. The zero-order chi connectivity index (χ0) is 17.4. The molecule has 4 rings (SSSR count). The molecule has 126 valence electrons. The van der Waals surface area contributed by atoms with Gasteiger partial charge in [-0.05, 0) is 42.1 Å². The number of nitrogens with one attached hydrogen (secondary N) is 2. The summed E-state index contributed by atoms with van der Waals surface area (Å²) in [6.07, 6.45) is 2.02. The normalized spacial score (nSPS) is 11.1. The summed E-state index contributed by atoms with van der Waals surface area (Å²) in [6, 6.07) is 7.52. The Bertz CT molecular complexity index is 1080. The first-order valence-corrected chi connectivity index (χ1v) is 11.2. The quantitative estimate of drug-likeness (QED) is 0.365. The number of carbonyl (C=O) groups excluding carboxylic acids is 1. The largest absolute Gasteiger partial charge is 0.308 e. The van der Waals surface area contributed by atoms with Crippen LogP contribution in [0.25, 0.3) is 20.4 Å². The van der Waals surface area contributed by atoms with E-state index in [1.165, 1.54) is 22.7 Å². The molecule has 1 aromatic carbocycles. The summed E-state index contributed by atoms with van der Waals surface area (Å²) in [5.41, 5.74) is 1.87. The molecule has 0 aliphatic heterocycles.